The zero-order chi connectivity index (χ0) is 11.6. The average molecular weight is 320 g/mol. The van der Waals surface area contributed by atoms with E-state index in [0.717, 1.165) is 11.3 Å². The first-order valence-electron chi connectivity index (χ1n) is 3.88. The summed E-state index contributed by atoms with van der Waals surface area (Å²) in [6.45, 7) is 0. The van der Waals surface area contributed by atoms with Crippen molar-refractivity contribution in [2.24, 2.45) is 0 Å². The van der Waals surface area contributed by atoms with E-state index in [1.54, 1.807) is 0 Å². The molecule has 0 spiro atoms. The highest BCUT2D eigenvalue weighted by Crippen LogP contribution is 2.42. The Morgan fingerprint density at radius 2 is 2.27 bits per heavy atom. The average Bonchev–Trinajstić information content (AvgIpc) is 2.45. The number of carboxylic acids is 1. The van der Waals surface area contributed by atoms with Gasteiger partial charge in [0.05, 0.1) is 11.3 Å². The summed E-state index contributed by atoms with van der Waals surface area (Å²) >= 11 is 9.39. The molecule has 2 nitrogen and oxygen atoms in total. The van der Waals surface area contributed by atoms with Crippen LogP contribution in [0.5, 0.6) is 0 Å². The molecular weight excluding hydrogens is 314 g/mol. The molecule has 0 fully saturated rings. The Labute approximate surface area is 102 Å². The molecule has 15 heavy (non-hydrogen) atoms. The Bertz CT molecular complexity index is 361. The lowest BCUT2D eigenvalue weighted by Gasteiger charge is -2.12. The zero-order valence-electron chi connectivity index (χ0n) is 7.27. The number of carbonyl (C=O) groups is 1. The summed E-state index contributed by atoms with van der Waals surface area (Å²) in [5.74, 6) is -4.38. The number of thiophene rings is 1. The molecule has 0 unspecified atom stereocenters. The van der Waals surface area contributed by atoms with Gasteiger partial charge < -0.3 is 5.11 Å². The first-order chi connectivity index (χ1) is 6.83. The predicted molar refractivity (Wildman–Crippen MR) is 57.8 cm³/mol. The van der Waals surface area contributed by atoms with E-state index in [4.69, 9.17) is 16.7 Å². The monoisotopic (exact) mass is 318 g/mol. The van der Waals surface area contributed by atoms with Gasteiger partial charge in [0.25, 0.3) is 5.92 Å². The van der Waals surface area contributed by atoms with Gasteiger partial charge in [-0.05, 0) is 22.0 Å². The molecule has 0 atom stereocenters. The van der Waals surface area contributed by atoms with Crippen molar-refractivity contribution in [3.8, 4) is 0 Å². The Hall–Kier alpha value is -0.200. The second kappa shape index (κ2) is 4.76. The van der Waals surface area contributed by atoms with Gasteiger partial charge in [0, 0.05) is 10.9 Å². The minimum atomic E-state index is -3.14. The number of hydrogen-bond donors (Lipinski definition) is 1. The van der Waals surface area contributed by atoms with Crippen LogP contribution in [-0.4, -0.2) is 11.1 Å². The Kier molecular flexibility index (Phi) is 4.08. The van der Waals surface area contributed by atoms with Gasteiger partial charge in [0.15, 0.2) is 0 Å². The molecule has 0 saturated heterocycles. The van der Waals surface area contributed by atoms with Gasteiger partial charge in [0.1, 0.15) is 4.34 Å². The fourth-order valence-electron chi connectivity index (χ4n) is 0.914. The van der Waals surface area contributed by atoms with Gasteiger partial charge >= 0.3 is 5.97 Å². The molecule has 1 aromatic heterocycles. The van der Waals surface area contributed by atoms with Crippen LogP contribution in [0.15, 0.2) is 10.5 Å². The van der Waals surface area contributed by atoms with Crippen molar-refractivity contribution in [2.75, 3.05) is 0 Å². The molecule has 0 aliphatic rings. The van der Waals surface area contributed by atoms with Crippen molar-refractivity contribution < 1.29 is 18.7 Å². The van der Waals surface area contributed by atoms with Crippen LogP contribution in [0.4, 0.5) is 8.78 Å². The quantitative estimate of drug-likeness (QED) is 0.906. The lowest BCUT2D eigenvalue weighted by Crippen LogP contribution is -2.13. The standard InChI is InChI=1S/C8H6BrClF2O2S/c9-4-3-5(15-7(4)10)8(11,12)2-1-6(13)14/h3H,1-2H2,(H,13,14). The maximum absolute atomic E-state index is 13.4. The van der Waals surface area contributed by atoms with Crippen LogP contribution in [-0.2, 0) is 10.7 Å². The summed E-state index contributed by atoms with van der Waals surface area (Å²) < 4.78 is 27.4. The second-order valence-corrected chi connectivity index (χ2v) is 5.34. The van der Waals surface area contributed by atoms with Crippen molar-refractivity contribution in [1.82, 2.24) is 0 Å². The molecule has 1 N–H and O–H groups in total. The van der Waals surface area contributed by atoms with E-state index in [0.29, 0.717) is 4.47 Å². The molecule has 0 aliphatic heterocycles. The van der Waals surface area contributed by atoms with E-state index in [9.17, 15) is 13.6 Å². The smallest absolute Gasteiger partial charge is 0.303 e. The normalized spacial score (nSPS) is 11.7. The van der Waals surface area contributed by atoms with E-state index < -0.39 is 24.7 Å². The number of hydrogen-bond acceptors (Lipinski definition) is 2. The Balaban J connectivity index is 2.80. The zero-order valence-corrected chi connectivity index (χ0v) is 10.4. The molecule has 84 valence electrons. The number of carboxylic acid groups (broad SMARTS) is 1. The van der Waals surface area contributed by atoms with Crippen LogP contribution in [0.1, 0.15) is 17.7 Å². The highest BCUT2D eigenvalue weighted by molar-refractivity contribution is 9.10. The first kappa shape index (κ1) is 12.9. The molecule has 0 radical (unpaired) electrons. The third kappa shape index (κ3) is 3.39. The lowest BCUT2D eigenvalue weighted by atomic mass is 10.1. The highest BCUT2D eigenvalue weighted by atomic mass is 79.9. The summed E-state index contributed by atoms with van der Waals surface area (Å²) in [7, 11) is 0. The number of rotatable bonds is 4. The molecule has 1 aromatic rings. The Morgan fingerprint density at radius 3 is 2.67 bits per heavy atom. The predicted octanol–water partition coefficient (Wildman–Crippen LogP) is 4.12. The van der Waals surface area contributed by atoms with Crippen molar-refractivity contribution in [1.29, 1.82) is 0 Å². The third-order valence-electron chi connectivity index (χ3n) is 1.66. The van der Waals surface area contributed by atoms with E-state index >= 15 is 0 Å². The SMILES string of the molecule is O=C(O)CCC(F)(F)c1cc(Br)c(Cl)s1. The van der Waals surface area contributed by atoms with Gasteiger partial charge in [-0.15, -0.1) is 11.3 Å². The van der Waals surface area contributed by atoms with E-state index in [1.807, 2.05) is 0 Å². The van der Waals surface area contributed by atoms with Gasteiger partial charge in [-0.2, -0.15) is 0 Å². The summed E-state index contributed by atoms with van der Waals surface area (Å²) in [6.07, 6.45) is -1.29. The largest absolute Gasteiger partial charge is 0.481 e. The van der Waals surface area contributed by atoms with Crippen molar-refractivity contribution >= 4 is 44.8 Å². The number of halogens is 4. The molecule has 0 aromatic carbocycles. The topological polar surface area (TPSA) is 37.3 Å². The minimum Gasteiger partial charge on any atom is -0.481 e. The van der Waals surface area contributed by atoms with Crippen molar-refractivity contribution in [2.45, 2.75) is 18.8 Å². The van der Waals surface area contributed by atoms with Gasteiger partial charge in [0.2, 0.25) is 0 Å². The summed E-state index contributed by atoms with van der Waals surface area (Å²) in [4.78, 5) is 9.96. The Morgan fingerprint density at radius 1 is 1.67 bits per heavy atom. The van der Waals surface area contributed by atoms with Gasteiger partial charge in [-0.3, -0.25) is 4.79 Å². The summed E-state index contributed by atoms with van der Waals surface area (Å²) in [5.41, 5.74) is 0. The van der Waals surface area contributed by atoms with Gasteiger partial charge in [-0.1, -0.05) is 11.6 Å². The molecule has 0 bridgehead atoms. The maximum Gasteiger partial charge on any atom is 0.303 e. The molecule has 0 amide bonds. The van der Waals surface area contributed by atoms with Crippen molar-refractivity contribution in [3.63, 3.8) is 0 Å². The van der Waals surface area contributed by atoms with Crippen LogP contribution in [0.3, 0.4) is 0 Å². The van der Waals surface area contributed by atoms with Crippen LogP contribution >= 0.6 is 38.9 Å². The number of alkyl halides is 2. The molecular formula is C8H6BrClF2O2S. The molecule has 7 heteroatoms. The fourth-order valence-corrected chi connectivity index (χ4v) is 2.62. The van der Waals surface area contributed by atoms with Gasteiger partial charge in [-0.25, -0.2) is 8.78 Å². The van der Waals surface area contributed by atoms with Crippen LogP contribution in [0, 0.1) is 0 Å². The van der Waals surface area contributed by atoms with Crippen LogP contribution in [0.2, 0.25) is 4.34 Å². The highest BCUT2D eigenvalue weighted by Gasteiger charge is 2.34. The summed E-state index contributed by atoms with van der Waals surface area (Å²) in [6, 6.07) is 1.22. The third-order valence-corrected chi connectivity index (χ3v) is 4.25. The lowest BCUT2D eigenvalue weighted by molar-refractivity contribution is -0.139. The van der Waals surface area contributed by atoms with Crippen molar-refractivity contribution in [3.05, 3.63) is 19.8 Å². The van der Waals surface area contributed by atoms with Crippen LogP contribution in [0.25, 0.3) is 0 Å². The summed E-state index contributed by atoms with van der Waals surface area (Å²) in [5, 5.41) is 8.32. The fraction of sp³-hybridized carbons (Fsp3) is 0.375. The van der Waals surface area contributed by atoms with E-state index in [2.05, 4.69) is 15.9 Å². The molecule has 1 heterocycles. The molecule has 1 rings (SSSR count). The van der Waals surface area contributed by atoms with Crippen LogP contribution < -0.4 is 0 Å². The second-order valence-electron chi connectivity index (χ2n) is 2.83. The molecule has 0 aliphatic carbocycles. The molecule has 0 saturated carbocycles. The van der Waals surface area contributed by atoms with E-state index in [1.165, 1.54) is 6.07 Å². The number of aliphatic carboxylic acids is 1. The maximum atomic E-state index is 13.4. The first-order valence-corrected chi connectivity index (χ1v) is 5.86. The minimum absolute atomic E-state index is 0.222. The van der Waals surface area contributed by atoms with E-state index in [-0.39, 0.29) is 9.21 Å².